The van der Waals surface area contributed by atoms with Gasteiger partial charge in [0.2, 0.25) is 0 Å². The van der Waals surface area contributed by atoms with E-state index in [-0.39, 0.29) is 0 Å². The zero-order valence-electron chi connectivity index (χ0n) is 10.6. The summed E-state index contributed by atoms with van der Waals surface area (Å²) in [6.45, 7) is 7.05. The third-order valence-electron chi connectivity index (χ3n) is 3.15. The van der Waals surface area contributed by atoms with E-state index in [9.17, 15) is 0 Å². The first-order chi connectivity index (χ1) is 8.13. The van der Waals surface area contributed by atoms with E-state index >= 15 is 0 Å². The minimum absolute atomic E-state index is 0.540. The van der Waals surface area contributed by atoms with E-state index in [1.165, 1.54) is 16.7 Å². The first kappa shape index (κ1) is 11.6. The molecular formula is C13H18N4. The van der Waals surface area contributed by atoms with Gasteiger partial charge in [0.25, 0.3) is 0 Å². The van der Waals surface area contributed by atoms with Crippen molar-refractivity contribution in [1.82, 2.24) is 15.0 Å². The summed E-state index contributed by atoms with van der Waals surface area (Å²) in [6, 6.07) is 6.31. The minimum atomic E-state index is 0.540. The van der Waals surface area contributed by atoms with Crippen molar-refractivity contribution in [2.75, 3.05) is 5.73 Å². The SMILES string of the molecule is CCc1c(N)nnn1Cc1c(C)cccc1C. The Bertz CT molecular complexity index is 508. The second kappa shape index (κ2) is 4.57. The monoisotopic (exact) mass is 230 g/mol. The molecule has 0 fully saturated rings. The number of benzene rings is 1. The summed E-state index contributed by atoms with van der Waals surface area (Å²) in [5, 5.41) is 8.04. The summed E-state index contributed by atoms with van der Waals surface area (Å²) in [6.07, 6.45) is 0.851. The van der Waals surface area contributed by atoms with Crippen molar-refractivity contribution in [3.8, 4) is 0 Å². The van der Waals surface area contributed by atoms with Crippen LogP contribution in [-0.4, -0.2) is 15.0 Å². The maximum absolute atomic E-state index is 5.79. The molecule has 17 heavy (non-hydrogen) atoms. The van der Waals surface area contributed by atoms with Crippen LogP contribution in [0.15, 0.2) is 18.2 Å². The molecule has 0 aliphatic heterocycles. The molecule has 4 heteroatoms. The number of nitrogens with zero attached hydrogens (tertiary/aromatic N) is 3. The minimum Gasteiger partial charge on any atom is -0.381 e. The molecular weight excluding hydrogens is 212 g/mol. The Morgan fingerprint density at radius 3 is 2.47 bits per heavy atom. The smallest absolute Gasteiger partial charge is 0.169 e. The van der Waals surface area contributed by atoms with Crippen LogP contribution in [0.1, 0.15) is 29.3 Å². The van der Waals surface area contributed by atoms with Crippen molar-refractivity contribution < 1.29 is 0 Å². The summed E-state index contributed by atoms with van der Waals surface area (Å²) in [7, 11) is 0. The highest BCUT2D eigenvalue weighted by atomic mass is 15.4. The molecule has 2 rings (SSSR count). The average molecular weight is 230 g/mol. The van der Waals surface area contributed by atoms with E-state index in [1.807, 2.05) is 4.68 Å². The maximum Gasteiger partial charge on any atom is 0.169 e. The summed E-state index contributed by atoms with van der Waals surface area (Å²) in [4.78, 5) is 0. The van der Waals surface area contributed by atoms with E-state index in [0.29, 0.717) is 5.82 Å². The molecule has 0 aliphatic rings. The summed E-state index contributed by atoms with van der Waals surface area (Å²) in [5.41, 5.74) is 10.7. The van der Waals surface area contributed by atoms with Crippen molar-refractivity contribution in [2.24, 2.45) is 0 Å². The second-order valence-electron chi connectivity index (χ2n) is 4.30. The van der Waals surface area contributed by atoms with Crippen LogP contribution in [0.25, 0.3) is 0 Å². The fourth-order valence-electron chi connectivity index (χ4n) is 2.08. The van der Waals surface area contributed by atoms with Crippen molar-refractivity contribution >= 4 is 5.82 Å². The predicted molar refractivity (Wildman–Crippen MR) is 68.8 cm³/mol. The Labute approximate surface area is 101 Å². The van der Waals surface area contributed by atoms with Crippen LogP contribution in [-0.2, 0) is 13.0 Å². The quantitative estimate of drug-likeness (QED) is 0.878. The molecule has 90 valence electrons. The molecule has 0 amide bonds. The average Bonchev–Trinajstić information content (AvgIpc) is 2.64. The molecule has 0 aliphatic carbocycles. The van der Waals surface area contributed by atoms with Crippen LogP contribution < -0.4 is 5.73 Å². The number of nitrogen functional groups attached to an aromatic ring is 1. The van der Waals surface area contributed by atoms with E-state index < -0.39 is 0 Å². The van der Waals surface area contributed by atoms with Gasteiger partial charge in [0.1, 0.15) is 0 Å². The van der Waals surface area contributed by atoms with E-state index in [2.05, 4.69) is 49.3 Å². The van der Waals surface area contributed by atoms with Gasteiger partial charge in [-0.3, -0.25) is 0 Å². The van der Waals surface area contributed by atoms with Gasteiger partial charge in [-0.2, -0.15) is 0 Å². The highest BCUT2D eigenvalue weighted by Gasteiger charge is 2.10. The van der Waals surface area contributed by atoms with Gasteiger partial charge in [-0.25, -0.2) is 4.68 Å². The summed E-state index contributed by atoms with van der Waals surface area (Å²) in [5.74, 6) is 0.540. The Hall–Kier alpha value is -1.84. The van der Waals surface area contributed by atoms with Gasteiger partial charge < -0.3 is 5.73 Å². The fourth-order valence-corrected chi connectivity index (χ4v) is 2.08. The lowest BCUT2D eigenvalue weighted by Gasteiger charge is -2.11. The number of rotatable bonds is 3. The predicted octanol–water partition coefficient (Wildman–Crippen LogP) is 2.09. The Morgan fingerprint density at radius 1 is 1.24 bits per heavy atom. The first-order valence-corrected chi connectivity index (χ1v) is 5.86. The van der Waals surface area contributed by atoms with Crippen molar-refractivity contribution in [3.63, 3.8) is 0 Å². The lowest BCUT2D eigenvalue weighted by molar-refractivity contribution is 0.618. The zero-order valence-corrected chi connectivity index (χ0v) is 10.6. The molecule has 1 aromatic heterocycles. The summed E-state index contributed by atoms with van der Waals surface area (Å²) < 4.78 is 1.89. The van der Waals surface area contributed by atoms with Gasteiger partial charge >= 0.3 is 0 Å². The molecule has 0 bridgehead atoms. The number of aryl methyl sites for hydroxylation is 2. The van der Waals surface area contributed by atoms with Crippen molar-refractivity contribution in [2.45, 2.75) is 33.7 Å². The molecule has 2 N–H and O–H groups in total. The Morgan fingerprint density at radius 2 is 1.88 bits per heavy atom. The molecule has 1 heterocycles. The highest BCUT2D eigenvalue weighted by Crippen LogP contribution is 2.17. The number of nitrogens with two attached hydrogens (primary N) is 1. The van der Waals surface area contributed by atoms with Gasteiger partial charge in [0, 0.05) is 0 Å². The number of anilines is 1. The first-order valence-electron chi connectivity index (χ1n) is 5.86. The van der Waals surface area contributed by atoms with E-state index in [4.69, 9.17) is 5.73 Å². The van der Waals surface area contributed by atoms with Crippen molar-refractivity contribution in [1.29, 1.82) is 0 Å². The molecule has 1 aromatic carbocycles. The van der Waals surface area contributed by atoms with Crippen LogP contribution in [0, 0.1) is 13.8 Å². The lowest BCUT2D eigenvalue weighted by atomic mass is 10.0. The van der Waals surface area contributed by atoms with Crippen LogP contribution in [0.3, 0.4) is 0 Å². The largest absolute Gasteiger partial charge is 0.381 e. The molecule has 0 atom stereocenters. The molecule has 0 saturated carbocycles. The fraction of sp³-hybridized carbons (Fsp3) is 0.385. The second-order valence-corrected chi connectivity index (χ2v) is 4.30. The Kier molecular flexibility index (Phi) is 3.13. The number of aromatic nitrogens is 3. The number of hydrogen-bond acceptors (Lipinski definition) is 3. The molecule has 0 unspecified atom stereocenters. The van der Waals surface area contributed by atoms with Crippen LogP contribution >= 0.6 is 0 Å². The molecule has 4 nitrogen and oxygen atoms in total. The molecule has 0 spiro atoms. The lowest BCUT2D eigenvalue weighted by Crippen LogP contribution is -2.09. The van der Waals surface area contributed by atoms with Crippen LogP contribution in [0.5, 0.6) is 0 Å². The van der Waals surface area contributed by atoms with Gasteiger partial charge in [-0.05, 0) is 37.0 Å². The zero-order chi connectivity index (χ0) is 12.4. The standard InChI is InChI=1S/C13H18N4/c1-4-12-13(14)15-16-17(12)8-11-9(2)6-5-7-10(11)3/h5-7H,4,8,14H2,1-3H3. The highest BCUT2D eigenvalue weighted by molar-refractivity contribution is 5.36. The van der Waals surface area contributed by atoms with Gasteiger partial charge in [-0.15, -0.1) is 5.10 Å². The normalized spacial score (nSPS) is 10.8. The molecule has 0 saturated heterocycles. The third-order valence-corrected chi connectivity index (χ3v) is 3.15. The van der Waals surface area contributed by atoms with Gasteiger partial charge in [-0.1, -0.05) is 30.3 Å². The van der Waals surface area contributed by atoms with E-state index in [1.54, 1.807) is 0 Å². The van der Waals surface area contributed by atoms with Gasteiger partial charge in [0.05, 0.1) is 12.2 Å². The van der Waals surface area contributed by atoms with Crippen LogP contribution in [0.4, 0.5) is 5.82 Å². The summed E-state index contributed by atoms with van der Waals surface area (Å²) >= 11 is 0. The Balaban J connectivity index is 2.38. The van der Waals surface area contributed by atoms with Gasteiger partial charge in [0.15, 0.2) is 5.82 Å². The van der Waals surface area contributed by atoms with Crippen molar-refractivity contribution in [3.05, 3.63) is 40.6 Å². The number of hydrogen-bond donors (Lipinski definition) is 1. The maximum atomic E-state index is 5.79. The molecule has 0 radical (unpaired) electrons. The molecule has 2 aromatic rings. The topological polar surface area (TPSA) is 56.7 Å². The van der Waals surface area contributed by atoms with Crippen LogP contribution in [0.2, 0.25) is 0 Å². The third kappa shape index (κ3) is 2.16. The van der Waals surface area contributed by atoms with E-state index in [0.717, 1.165) is 18.7 Å².